The standard InChI is InChI=1S/C13H21NO2/c1-2-14(5-6-15)13(16)12-10-8-3-4-9(7-8)11(10)12/h8-12,15H,2-7H2,1H3. The van der Waals surface area contributed by atoms with Gasteiger partial charge in [0.25, 0.3) is 0 Å². The first-order valence-corrected chi connectivity index (χ1v) is 6.67. The highest BCUT2D eigenvalue weighted by Gasteiger charge is 2.67. The molecule has 3 aliphatic carbocycles. The highest BCUT2D eigenvalue weighted by Crippen LogP contribution is 2.69. The first-order chi connectivity index (χ1) is 7.77. The molecule has 16 heavy (non-hydrogen) atoms. The fraction of sp³-hybridized carbons (Fsp3) is 0.923. The Morgan fingerprint density at radius 1 is 1.31 bits per heavy atom. The summed E-state index contributed by atoms with van der Waals surface area (Å²) in [6, 6.07) is 0. The lowest BCUT2D eigenvalue weighted by Crippen LogP contribution is -2.35. The molecule has 90 valence electrons. The molecule has 0 saturated heterocycles. The first-order valence-electron chi connectivity index (χ1n) is 6.67. The van der Waals surface area contributed by atoms with E-state index in [0.717, 1.165) is 30.2 Å². The van der Waals surface area contributed by atoms with E-state index in [1.165, 1.54) is 19.3 Å². The maximum absolute atomic E-state index is 12.3. The van der Waals surface area contributed by atoms with E-state index in [9.17, 15) is 4.79 Å². The summed E-state index contributed by atoms with van der Waals surface area (Å²) in [7, 11) is 0. The number of aliphatic hydroxyl groups is 1. The van der Waals surface area contributed by atoms with E-state index < -0.39 is 0 Å². The smallest absolute Gasteiger partial charge is 0.226 e. The molecule has 0 spiro atoms. The van der Waals surface area contributed by atoms with Crippen molar-refractivity contribution in [3.05, 3.63) is 0 Å². The van der Waals surface area contributed by atoms with Crippen molar-refractivity contribution in [2.75, 3.05) is 19.7 Å². The van der Waals surface area contributed by atoms with Crippen LogP contribution in [0.4, 0.5) is 0 Å². The summed E-state index contributed by atoms with van der Waals surface area (Å²) < 4.78 is 0. The van der Waals surface area contributed by atoms with Gasteiger partial charge >= 0.3 is 0 Å². The number of hydrogen-bond donors (Lipinski definition) is 1. The van der Waals surface area contributed by atoms with E-state index in [4.69, 9.17) is 5.11 Å². The number of fused-ring (bicyclic) bond motifs is 5. The van der Waals surface area contributed by atoms with Gasteiger partial charge in [0.15, 0.2) is 0 Å². The van der Waals surface area contributed by atoms with E-state index in [-0.39, 0.29) is 6.61 Å². The number of likely N-dealkylation sites (N-methyl/N-ethyl adjacent to an activating group) is 1. The number of carbonyl (C=O) groups is 1. The molecule has 2 bridgehead atoms. The quantitative estimate of drug-likeness (QED) is 0.776. The largest absolute Gasteiger partial charge is 0.395 e. The fourth-order valence-corrected chi connectivity index (χ4v) is 4.41. The summed E-state index contributed by atoms with van der Waals surface area (Å²) in [5.41, 5.74) is 0. The number of amides is 1. The molecule has 4 unspecified atom stereocenters. The van der Waals surface area contributed by atoms with E-state index in [0.29, 0.717) is 18.4 Å². The maximum atomic E-state index is 12.3. The number of aliphatic hydroxyl groups excluding tert-OH is 1. The highest BCUT2D eigenvalue weighted by molar-refractivity contribution is 5.83. The molecule has 3 rings (SSSR count). The third-order valence-corrected chi connectivity index (χ3v) is 5.08. The van der Waals surface area contributed by atoms with Crippen molar-refractivity contribution in [2.45, 2.75) is 26.2 Å². The molecule has 0 heterocycles. The van der Waals surface area contributed by atoms with Crippen LogP contribution in [0.25, 0.3) is 0 Å². The molecule has 0 aromatic rings. The van der Waals surface area contributed by atoms with Crippen LogP contribution in [0.3, 0.4) is 0 Å². The van der Waals surface area contributed by atoms with Crippen molar-refractivity contribution in [3.63, 3.8) is 0 Å². The highest BCUT2D eigenvalue weighted by atomic mass is 16.3. The van der Waals surface area contributed by atoms with Crippen LogP contribution in [0.2, 0.25) is 0 Å². The van der Waals surface area contributed by atoms with Gasteiger partial charge in [-0.1, -0.05) is 0 Å². The second-order valence-corrected chi connectivity index (χ2v) is 5.66. The number of carbonyl (C=O) groups excluding carboxylic acids is 1. The van der Waals surface area contributed by atoms with Crippen LogP contribution in [0.5, 0.6) is 0 Å². The van der Waals surface area contributed by atoms with Crippen molar-refractivity contribution >= 4 is 5.91 Å². The molecular weight excluding hydrogens is 202 g/mol. The van der Waals surface area contributed by atoms with Crippen LogP contribution in [0, 0.1) is 29.6 Å². The van der Waals surface area contributed by atoms with Gasteiger partial charge in [-0.15, -0.1) is 0 Å². The van der Waals surface area contributed by atoms with E-state index >= 15 is 0 Å². The van der Waals surface area contributed by atoms with Gasteiger partial charge < -0.3 is 10.0 Å². The average molecular weight is 223 g/mol. The Labute approximate surface area is 96.8 Å². The van der Waals surface area contributed by atoms with Crippen molar-refractivity contribution in [3.8, 4) is 0 Å². The molecular formula is C13H21NO2. The van der Waals surface area contributed by atoms with Crippen LogP contribution in [0.15, 0.2) is 0 Å². The summed E-state index contributed by atoms with van der Waals surface area (Å²) in [6.07, 6.45) is 4.12. The fourth-order valence-electron chi connectivity index (χ4n) is 4.41. The predicted molar refractivity (Wildman–Crippen MR) is 60.6 cm³/mol. The molecule has 0 aromatic carbocycles. The minimum absolute atomic E-state index is 0.0918. The molecule has 0 radical (unpaired) electrons. The van der Waals surface area contributed by atoms with Crippen molar-refractivity contribution in [2.24, 2.45) is 29.6 Å². The van der Waals surface area contributed by atoms with E-state index in [1.807, 2.05) is 11.8 Å². The summed E-state index contributed by atoms with van der Waals surface area (Å²) in [4.78, 5) is 14.1. The number of hydrogen-bond acceptors (Lipinski definition) is 2. The van der Waals surface area contributed by atoms with Gasteiger partial charge in [-0.2, -0.15) is 0 Å². The van der Waals surface area contributed by atoms with Crippen LogP contribution >= 0.6 is 0 Å². The zero-order chi connectivity index (χ0) is 11.3. The topological polar surface area (TPSA) is 40.5 Å². The Hall–Kier alpha value is -0.570. The Morgan fingerprint density at radius 2 is 1.94 bits per heavy atom. The van der Waals surface area contributed by atoms with E-state index in [2.05, 4.69) is 0 Å². The molecule has 0 aliphatic heterocycles. The SMILES string of the molecule is CCN(CCO)C(=O)C1C2C3CCC(C3)C12. The molecule has 3 nitrogen and oxygen atoms in total. The molecule has 4 atom stereocenters. The van der Waals surface area contributed by atoms with Crippen LogP contribution in [0.1, 0.15) is 26.2 Å². The zero-order valence-electron chi connectivity index (χ0n) is 9.93. The van der Waals surface area contributed by atoms with Crippen molar-refractivity contribution in [1.82, 2.24) is 4.90 Å². The summed E-state index contributed by atoms with van der Waals surface area (Å²) in [6.45, 7) is 3.35. The lowest BCUT2D eigenvalue weighted by atomic mass is 10.0. The molecule has 0 aromatic heterocycles. The Bertz CT molecular complexity index is 288. The lowest BCUT2D eigenvalue weighted by molar-refractivity contribution is -0.134. The Kier molecular flexibility index (Phi) is 2.46. The molecule has 3 saturated carbocycles. The molecule has 3 fully saturated rings. The minimum atomic E-state index is 0.0918. The van der Waals surface area contributed by atoms with Gasteiger partial charge in [0.2, 0.25) is 5.91 Å². The summed E-state index contributed by atoms with van der Waals surface area (Å²) in [5, 5.41) is 8.94. The number of nitrogens with zero attached hydrogens (tertiary/aromatic N) is 1. The third-order valence-electron chi connectivity index (χ3n) is 5.08. The molecule has 3 heteroatoms. The monoisotopic (exact) mass is 223 g/mol. The summed E-state index contributed by atoms with van der Waals surface area (Å²) in [5.74, 6) is 3.81. The van der Waals surface area contributed by atoms with Crippen LogP contribution in [-0.2, 0) is 4.79 Å². The van der Waals surface area contributed by atoms with Crippen molar-refractivity contribution < 1.29 is 9.90 Å². The Balaban J connectivity index is 1.65. The second-order valence-electron chi connectivity index (χ2n) is 5.66. The van der Waals surface area contributed by atoms with Gasteiger partial charge in [-0.3, -0.25) is 4.79 Å². The average Bonchev–Trinajstić information content (AvgIpc) is 2.74. The molecule has 1 amide bonds. The van der Waals surface area contributed by atoms with Crippen LogP contribution in [-0.4, -0.2) is 35.6 Å². The Morgan fingerprint density at radius 3 is 2.44 bits per heavy atom. The third kappa shape index (κ3) is 1.33. The van der Waals surface area contributed by atoms with Gasteiger partial charge in [0.05, 0.1) is 6.61 Å². The van der Waals surface area contributed by atoms with Crippen LogP contribution < -0.4 is 0 Å². The maximum Gasteiger partial charge on any atom is 0.226 e. The van der Waals surface area contributed by atoms with Crippen molar-refractivity contribution in [1.29, 1.82) is 0 Å². The lowest BCUT2D eigenvalue weighted by Gasteiger charge is -2.21. The summed E-state index contributed by atoms with van der Waals surface area (Å²) >= 11 is 0. The predicted octanol–water partition coefficient (Wildman–Crippen LogP) is 1.12. The first kappa shape index (κ1) is 10.6. The van der Waals surface area contributed by atoms with Gasteiger partial charge in [0.1, 0.15) is 0 Å². The van der Waals surface area contributed by atoms with Gasteiger partial charge in [0, 0.05) is 19.0 Å². The second kappa shape index (κ2) is 3.73. The van der Waals surface area contributed by atoms with E-state index in [1.54, 1.807) is 0 Å². The molecule has 3 aliphatic rings. The van der Waals surface area contributed by atoms with Gasteiger partial charge in [-0.25, -0.2) is 0 Å². The van der Waals surface area contributed by atoms with Gasteiger partial charge in [-0.05, 0) is 49.9 Å². The normalized spacial score (nSPS) is 43.2. The number of rotatable bonds is 4. The minimum Gasteiger partial charge on any atom is -0.395 e. The zero-order valence-corrected chi connectivity index (χ0v) is 9.93. The molecule has 1 N–H and O–H groups in total.